The number of nitrogens with zero attached hydrogens (tertiary/aromatic N) is 1. The minimum absolute atomic E-state index is 0.0683. The normalized spacial score (nSPS) is 13.4. The van der Waals surface area contributed by atoms with Gasteiger partial charge in [0.1, 0.15) is 6.04 Å². The fraction of sp³-hybridized carbons (Fsp3) is 0.318. The second-order valence-electron chi connectivity index (χ2n) is 6.99. The number of benzene rings is 2. The van der Waals surface area contributed by atoms with Crippen molar-refractivity contribution >= 4 is 29.3 Å². The van der Waals surface area contributed by atoms with Crippen LogP contribution in [0.5, 0.6) is 0 Å². The van der Waals surface area contributed by atoms with Gasteiger partial charge in [-0.1, -0.05) is 23.8 Å². The summed E-state index contributed by atoms with van der Waals surface area (Å²) >= 11 is 0. The molecule has 2 aromatic rings. The van der Waals surface area contributed by atoms with Gasteiger partial charge in [-0.15, -0.1) is 0 Å². The highest BCUT2D eigenvalue weighted by atomic mass is 16.5. The SMILES string of the molecule is CCOC(=O)[C@@H](C)NC(=O)Nc1ccc2c(c1)N(C(=O)c1ccc(C)cc1)CC2. The Morgan fingerprint density at radius 3 is 2.55 bits per heavy atom. The standard InChI is InChI=1S/C22H25N3O4/c1-4-29-21(27)15(3)23-22(28)24-18-10-9-16-11-12-25(19(16)13-18)20(26)17-7-5-14(2)6-8-17/h5-10,13,15H,4,11-12H2,1-3H3,(H2,23,24,28)/t15-/m1/s1. The lowest BCUT2D eigenvalue weighted by Gasteiger charge is -2.19. The van der Waals surface area contributed by atoms with E-state index in [0.717, 1.165) is 23.2 Å². The molecule has 7 heteroatoms. The number of hydrogen-bond donors (Lipinski definition) is 2. The molecule has 3 amide bonds. The number of carbonyl (C=O) groups is 3. The Bertz CT molecular complexity index is 924. The van der Waals surface area contributed by atoms with Crippen LogP contribution in [0.1, 0.15) is 35.3 Å². The Morgan fingerprint density at radius 2 is 1.86 bits per heavy atom. The number of anilines is 2. The summed E-state index contributed by atoms with van der Waals surface area (Å²) in [4.78, 5) is 38.5. The highest BCUT2D eigenvalue weighted by molar-refractivity contribution is 6.07. The summed E-state index contributed by atoms with van der Waals surface area (Å²) in [7, 11) is 0. The van der Waals surface area contributed by atoms with Gasteiger partial charge in [0.2, 0.25) is 0 Å². The molecule has 0 saturated carbocycles. The predicted octanol–water partition coefficient (Wildman–Crippen LogP) is 3.27. The van der Waals surface area contributed by atoms with E-state index in [-0.39, 0.29) is 12.5 Å². The van der Waals surface area contributed by atoms with Crippen molar-refractivity contribution in [3.05, 3.63) is 59.2 Å². The number of ether oxygens (including phenoxy) is 1. The van der Waals surface area contributed by atoms with Crippen molar-refractivity contribution < 1.29 is 19.1 Å². The molecular weight excluding hydrogens is 370 g/mol. The van der Waals surface area contributed by atoms with E-state index < -0.39 is 18.0 Å². The molecule has 29 heavy (non-hydrogen) atoms. The molecule has 0 saturated heterocycles. The van der Waals surface area contributed by atoms with Crippen LogP contribution in [-0.2, 0) is 16.0 Å². The molecule has 0 radical (unpaired) electrons. The van der Waals surface area contributed by atoms with E-state index in [1.54, 1.807) is 30.9 Å². The number of fused-ring (bicyclic) bond motifs is 1. The zero-order valence-electron chi connectivity index (χ0n) is 16.8. The number of esters is 1. The summed E-state index contributed by atoms with van der Waals surface area (Å²) < 4.78 is 4.88. The van der Waals surface area contributed by atoms with Gasteiger partial charge >= 0.3 is 12.0 Å². The van der Waals surface area contributed by atoms with Gasteiger partial charge in [0.15, 0.2) is 0 Å². The summed E-state index contributed by atoms with van der Waals surface area (Å²) in [6.45, 7) is 6.09. The van der Waals surface area contributed by atoms with Gasteiger partial charge in [-0.25, -0.2) is 9.59 Å². The molecule has 1 atom stereocenters. The maximum atomic E-state index is 12.9. The summed E-state index contributed by atoms with van der Waals surface area (Å²) in [5.74, 6) is -0.562. The molecule has 0 aliphatic carbocycles. The number of nitrogens with one attached hydrogen (secondary N) is 2. The predicted molar refractivity (Wildman–Crippen MR) is 111 cm³/mol. The summed E-state index contributed by atoms with van der Waals surface area (Å²) in [5.41, 5.74) is 4.10. The Hall–Kier alpha value is -3.35. The van der Waals surface area contributed by atoms with Crippen LogP contribution in [0.15, 0.2) is 42.5 Å². The average Bonchev–Trinajstić information content (AvgIpc) is 3.11. The van der Waals surface area contributed by atoms with Crippen LogP contribution in [0.3, 0.4) is 0 Å². The van der Waals surface area contributed by atoms with Crippen molar-refractivity contribution in [3.63, 3.8) is 0 Å². The lowest BCUT2D eigenvalue weighted by molar-refractivity contribution is -0.144. The molecule has 0 fully saturated rings. The summed E-state index contributed by atoms with van der Waals surface area (Å²) in [5, 5.41) is 5.25. The third-order valence-corrected chi connectivity index (χ3v) is 4.77. The summed E-state index contributed by atoms with van der Waals surface area (Å²) in [6, 6.07) is 11.7. The number of carbonyl (C=O) groups excluding carboxylic acids is 3. The maximum absolute atomic E-state index is 12.9. The quantitative estimate of drug-likeness (QED) is 0.761. The van der Waals surface area contributed by atoms with E-state index >= 15 is 0 Å². The zero-order valence-corrected chi connectivity index (χ0v) is 16.8. The van der Waals surface area contributed by atoms with Gasteiger partial charge in [0.25, 0.3) is 5.91 Å². The smallest absolute Gasteiger partial charge is 0.328 e. The molecule has 152 valence electrons. The van der Waals surface area contributed by atoms with E-state index in [9.17, 15) is 14.4 Å². The molecule has 0 aromatic heterocycles. The Balaban J connectivity index is 1.71. The second-order valence-corrected chi connectivity index (χ2v) is 6.99. The Morgan fingerprint density at radius 1 is 1.14 bits per heavy atom. The van der Waals surface area contributed by atoms with E-state index in [1.165, 1.54) is 0 Å². The summed E-state index contributed by atoms with van der Waals surface area (Å²) in [6.07, 6.45) is 0.763. The van der Waals surface area contributed by atoms with Gasteiger partial charge in [-0.3, -0.25) is 4.79 Å². The molecule has 3 rings (SSSR count). The fourth-order valence-corrected chi connectivity index (χ4v) is 3.21. The number of hydrogen-bond acceptors (Lipinski definition) is 4. The lowest BCUT2D eigenvalue weighted by Crippen LogP contribution is -2.41. The van der Waals surface area contributed by atoms with E-state index in [0.29, 0.717) is 17.8 Å². The van der Waals surface area contributed by atoms with Crippen molar-refractivity contribution in [3.8, 4) is 0 Å². The maximum Gasteiger partial charge on any atom is 0.328 e. The van der Waals surface area contributed by atoms with Gasteiger partial charge in [0.05, 0.1) is 6.61 Å². The van der Waals surface area contributed by atoms with E-state index in [1.807, 2.05) is 37.3 Å². The zero-order chi connectivity index (χ0) is 21.0. The van der Waals surface area contributed by atoms with Crippen LogP contribution >= 0.6 is 0 Å². The first-order valence-electron chi connectivity index (χ1n) is 9.64. The van der Waals surface area contributed by atoms with Crippen LogP contribution in [0.25, 0.3) is 0 Å². The number of aryl methyl sites for hydroxylation is 1. The molecule has 1 aliphatic rings. The highest BCUT2D eigenvalue weighted by Crippen LogP contribution is 2.32. The van der Waals surface area contributed by atoms with E-state index in [4.69, 9.17) is 4.74 Å². The van der Waals surface area contributed by atoms with Gasteiger partial charge in [0, 0.05) is 23.5 Å². The molecule has 2 aromatic carbocycles. The molecule has 0 spiro atoms. The van der Waals surface area contributed by atoms with Crippen molar-refractivity contribution in [2.45, 2.75) is 33.2 Å². The molecule has 0 unspecified atom stereocenters. The first-order valence-corrected chi connectivity index (χ1v) is 9.64. The molecule has 7 nitrogen and oxygen atoms in total. The largest absolute Gasteiger partial charge is 0.464 e. The van der Waals surface area contributed by atoms with Crippen LogP contribution in [0, 0.1) is 6.92 Å². The number of rotatable bonds is 5. The first-order chi connectivity index (χ1) is 13.9. The molecule has 1 aliphatic heterocycles. The molecular formula is C22H25N3O4. The van der Waals surface area contributed by atoms with Crippen LogP contribution in [0.4, 0.5) is 16.2 Å². The molecule has 1 heterocycles. The average molecular weight is 395 g/mol. The third kappa shape index (κ3) is 4.74. The fourth-order valence-electron chi connectivity index (χ4n) is 3.21. The minimum Gasteiger partial charge on any atom is -0.464 e. The minimum atomic E-state index is -0.760. The first kappa shape index (κ1) is 20.4. The second kappa shape index (κ2) is 8.77. The topological polar surface area (TPSA) is 87.7 Å². The van der Waals surface area contributed by atoms with Gasteiger partial charge in [-0.2, -0.15) is 0 Å². The number of amides is 3. The van der Waals surface area contributed by atoms with Crippen molar-refractivity contribution in [2.24, 2.45) is 0 Å². The third-order valence-electron chi connectivity index (χ3n) is 4.77. The monoisotopic (exact) mass is 395 g/mol. The van der Waals surface area contributed by atoms with Gasteiger partial charge in [-0.05, 0) is 57.0 Å². The van der Waals surface area contributed by atoms with Crippen molar-refractivity contribution in [2.75, 3.05) is 23.4 Å². The van der Waals surface area contributed by atoms with Crippen molar-refractivity contribution in [1.82, 2.24) is 5.32 Å². The van der Waals surface area contributed by atoms with Crippen LogP contribution < -0.4 is 15.5 Å². The molecule has 0 bridgehead atoms. The highest BCUT2D eigenvalue weighted by Gasteiger charge is 2.26. The van der Waals surface area contributed by atoms with Crippen molar-refractivity contribution in [1.29, 1.82) is 0 Å². The van der Waals surface area contributed by atoms with Crippen LogP contribution in [-0.4, -0.2) is 37.1 Å². The molecule has 2 N–H and O–H groups in total. The Labute approximate surface area is 170 Å². The van der Waals surface area contributed by atoms with E-state index in [2.05, 4.69) is 10.6 Å². The lowest BCUT2D eigenvalue weighted by atomic mass is 10.1. The Kier molecular flexibility index (Phi) is 6.16. The van der Waals surface area contributed by atoms with Gasteiger partial charge < -0.3 is 20.3 Å². The number of urea groups is 1. The van der Waals surface area contributed by atoms with Crippen LogP contribution in [0.2, 0.25) is 0 Å².